The first-order valence-corrected chi connectivity index (χ1v) is 13.0. The Kier molecular flexibility index (Phi) is 7.67. The van der Waals surface area contributed by atoms with Crippen LogP contribution in [0.2, 0.25) is 0 Å². The Morgan fingerprint density at radius 2 is 1.97 bits per heavy atom. The van der Waals surface area contributed by atoms with E-state index in [4.69, 9.17) is 9.47 Å². The highest BCUT2D eigenvalue weighted by molar-refractivity contribution is 5.96. The molecular weight excluding hydrogens is 507 g/mol. The third-order valence-electron chi connectivity index (χ3n) is 7.77. The number of aldehydes is 1. The third-order valence-corrected chi connectivity index (χ3v) is 7.77. The number of benzene rings is 2. The molecule has 0 bridgehead atoms. The fourth-order valence-corrected chi connectivity index (χ4v) is 5.57. The fourth-order valence-electron chi connectivity index (χ4n) is 5.57. The molecule has 0 saturated heterocycles. The summed E-state index contributed by atoms with van der Waals surface area (Å²) in [5.74, 6) is -1.39. The Labute approximate surface area is 225 Å². The second-order valence-corrected chi connectivity index (χ2v) is 10.1. The van der Waals surface area contributed by atoms with Gasteiger partial charge >= 0.3 is 0 Å². The molecule has 0 spiro atoms. The Hall–Kier alpha value is -3.76. The maximum absolute atomic E-state index is 13.7. The van der Waals surface area contributed by atoms with Crippen LogP contribution in [0.3, 0.4) is 0 Å². The highest BCUT2D eigenvalue weighted by atomic mass is 19.1. The smallest absolute Gasteiger partial charge is 0.247 e. The normalized spacial score (nSPS) is 23.4. The molecular formula is C29H31FN2O7. The van der Waals surface area contributed by atoms with Crippen molar-refractivity contribution >= 4 is 18.1 Å². The van der Waals surface area contributed by atoms with Crippen LogP contribution in [0.15, 0.2) is 48.0 Å². The van der Waals surface area contributed by atoms with Crippen molar-refractivity contribution in [2.75, 3.05) is 20.3 Å². The topological polar surface area (TPSA) is 125 Å². The monoisotopic (exact) mass is 538 g/mol. The quantitative estimate of drug-likeness (QED) is 0.418. The number of hydrogen-bond donors (Lipinski definition) is 3. The maximum atomic E-state index is 13.7. The van der Waals surface area contributed by atoms with Crippen molar-refractivity contribution < 1.29 is 38.5 Å². The van der Waals surface area contributed by atoms with Crippen molar-refractivity contribution in [3.8, 4) is 11.5 Å². The molecule has 1 aliphatic heterocycles. The Morgan fingerprint density at radius 3 is 2.59 bits per heavy atom. The van der Waals surface area contributed by atoms with Crippen LogP contribution < -0.4 is 14.8 Å². The van der Waals surface area contributed by atoms with Gasteiger partial charge in [0.05, 0.1) is 25.7 Å². The fraction of sp³-hybridized carbons (Fsp3) is 0.414. The van der Waals surface area contributed by atoms with Gasteiger partial charge in [-0.2, -0.15) is 0 Å². The summed E-state index contributed by atoms with van der Waals surface area (Å²) in [6.07, 6.45) is 2.45. The number of halogens is 1. The lowest BCUT2D eigenvalue weighted by atomic mass is 9.76. The van der Waals surface area contributed by atoms with Gasteiger partial charge in [0.15, 0.2) is 11.5 Å². The highest BCUT2D eigenvalue weighted by Crippen LogP contribution is 2.51. The predicted octanol–water partition coefficient (Wildman–Crippen LogP) is 2.10. The van der Waals surface area contributed by atoms with E-state index < -0.39 is 35.9 Å². The number of amides is 2. The van der Waals surface area contributed by atoms with E-state index in [-0.39, 0.29) is 42.8 Å². The van der Waals surface area contributed by atoms with Crippen LogP contribution in [0.5, 0.6) is 11.5 Å². The van der Waals surface area contributed by atoms with E-state index in [1.807, 2.05) is 0 Å². The second kappa shape index (κ2) is 11.2. The molecule has 4 atom stereocenters. The first-order valence-electron chi connectivity index (χ1n) is 13.0. The molecule has 3 aliphatic rings. The van der Waals surface area contributed by atoms with Crippen LogP contribution in [-0.4, -0.2) is 71.7 Å². The summed E-state index contributed by atoms with van der Waals surface area (Å²) in [5.41, 5.74) is 1.75. The first-order chi connectivity index (χ1) is 18.9. The number of aliphatic hydroxyl groups is 2. The lowest BCUT2D eigenvalue weighted by Gasteiger charge is -2.42. The van der Waals surface area contributed by atoms with Gasteiger partial charge in [-0.3, -0.25) is 14.4 Å². The van der Waals surface area contributed by atoms with Crippen LogP contribution >= 0.6 is 0 Å². The Balaban J connectivity index is 1.59. The summed E-state index contributed by atoms with van der Waals surface area (Å²) in [6.45, 7) is -0.166. The summed E-state index contributed by atoms with van der Waals surface area (Å²) < 4.78 is 25.2. The van der Waals surface area contributed by atoms with E-state index in [1.54, 1.807) is 24.3 Å². The molecule has 2 aromatic carbocycles. The summed E-state index contributed by atoms with van der Waals surface area (Å²) in [5, 5.41) is 23.6. The first kappa shape index (κ1) is 26.8. The Morgan fingerprint density at radius 1 is 1.23 bits per heavy atom. The number of methoxy groups -OCH3 is 1. The standard InChI is InChI=1S/C29H31FN2O7/c1-38-23-12-17(15-34)11-20-24-21(28(36)31-9-10-33)13-22(25(35)27(24)39-26(20)23)32(29(37)18-3-2-4-18)14-16-5-7-19(30)8-6-16/h5-8,11-13,15,18,22,24-25,27,33,35H,2-4,9-10,14H2,1H3,(H,31,36)/t22-,24+,25+,27+/m1/s1. The number of ether oxygens (including phenoxy) is 2. The number of fused-ring (bicyclic) bond motifs is 3. The van der Waals surface area contributed by atoms with Crippen LogP contribution in [0.4, 0.5) is 4.39 Å². The molecule has 0 radical (unpaired) electrons. The van der Waals surface area contributed by atoms with Crippen LogP contribution in [0.25, 0.3) is 0 Å². The zero-order chi connectivity index (χ0) is 27.7. The number of hydrogen-bond acceptors (Lipinski definition) is 7. The van der Waals surface area contributed by atoms with Gasteiger partial charge in [-0.1, -0.05) is 18.6 Å². The number of rotatable bonds is 9. The van der Waals surface area contributed by atoms with E-state index in [0.717, 1.165) is 19.3 Å². The summed E-state index contributed by atoms with van der Waals surface area (Å²) in [6, 6.07) is 7.98. The minimum Gasteiger partial charge on any atom is -0.493 e. The molecule has 1 heterocycles. The molecule has 3 N–H and O–H groups in total. The number of aliphatic hydroxyl groups excluding tert-OH is 2. The molecule has 10 heteroatoms. The van der Waals surface area contributed by atoms with Gasteiger partial charge in [-0.25, -0.2) is 4.39 Å². The molecule has 2 amide bonds. The van der Waals surface area contributed by atoms with Gasteiger partial charge < -0.3 is 29.9 Å². The minimum atomic E-state index is -1.23. The largest absolute Gasteiger partial charge is 0.493 e. The van der Waals surface area contributed by atoms with Crippen molar-refractivity contribution in [3.05, 3.63) is 70.6 Å². The van der Waals surface area contributed by atoms with E-state index >= 15 is 0 Å². The molecule has 206 valence electrons. The molecule has 0 aromatic heterocycles. The molecule has 2 aromatic rings. The van der Waals surface area contributed by atoms with Crippen molar-refractivity contribution in [3.63, 3.8) is 0 Å². The number of nitrogens with zero attached hydrogens (tertiary/aromatic N) is 1. The number of nitrogens with one attached hydrogen (secondary N) is 1. The van der Waals surface area contributed by atoms with Gasteiger partial charge in [-0.05, 0) is 48.7 Å². The zero-order valence-corrected chi connectivity index (χ0v) is 21.5. The molecule has 0 unspecified atom stereocenters. The van der Waals surface area contributed by atoms with E-state index in [1.165, 1.54) is 30.2 Å². The Bertz CT molecular complexity index is 1290. The third kappa shape index (κ3) is 5.02. The van der Waals surface area contributed by atoms with E-state index in [9.17, 15) is 29.0 Å². The van der Waals surface area contributed by atoms with Gasteiger partial charge in [0.2, 0.25) is 11.8 Å². The van der Waals surface area contributed by atoms with Crippen molar-refractivity contribution in [1.82, 2.24) is 10.2 Å². The predicted molar refractivity (Wildman–Crippen MR) is 138 cm³/mol. The lowest BCUT2D eigenvalue weighted by molar-refractivity contribution is -0.145. The zero-order valence-electron chi connectivity index (χ0n) is 21.5. The average molecular weight is 539 g/mol. The van der Waals surface area contributed by atoms with Crippen molar-refractivity contribution in [2.24, 2.45) is 5.92 Å². The summed E-state index contributed by atoms with van der Waals surface area (Å²) in [7, 11) is 1.43. The van der Waals surface area contributed by atoms with Crippen molar-refractivity contribution in [2.45, 2.75) is 50.0 Å². The number of carbonyl (C=O) groups excluding carboxylic acids is 3. The molecule has 1 fully saturated rings. The molecule has 9 nitrogen and oxygen atoms in total. The van der Waals surface area contributed by atoms with E-state index in [2.05, 4.69) is 5.32 Å². The summed E-state index contributed by atoms with van der Waals surface area (Å²) in [4.78, 5) is 40.2. The molecule has 2 aliphatic carbocycles. The summed E-state index contributed by atoms with van der Waals surface area (Å²) >= 11 is 0. The van der Waals surface area contributed by atoms with Crippen LogP contribution in [0.1, 0.15) is 46.7 Å². The molecule has 1 saturated carbocycles. The molecule has 39 heavy (non-hydrogen) atoms. The highest BCUT2D eigenvalue weighted by Gasteiger charge is 2.52. The minimum absolute atomic E-state index is 0.00644. The molecule has 5 rings (SSSR count). The SMILES string of the molecule is COc1cc(C=O)cc2c1O[C@@H]1[C@@H](O)[C@H](N(Cc3ccc(F)cc3)C(=O)C3CCC3)C=C(C(=O)NCCO)[C@H]21. The van der Waals surface area contributed by atoms with Gasteiger partial charge in [0.1, 0.15) is 24.3 Å². The lowest BCUT2D eigenvalue weighted by Crippen LogP contribution is -2.56. The van der Waals surface area contributed by atoms with E-state index in [0.29, 0.717) is 28.7 Å². The van der Waals surface area contributed by atoms with Crippen molar-refractivity contribution in [1.29, 1.82) is 0 Å². The van der Waals surface area contributed by atoms with Gasteiger partial charge in [0.25, 0.3) is 0 Å². The second-order valence-electron chi connectivity index (χ2n) is 10.1. The number of carbonyl (C=O) groups is 3. The van der Waals surface area contributed by atoms with Gasteiger partial charge in [-0.15, -0.1) is 0 Å². The van der Waals surface area contributed by atoms with Gasteiger partial charge in [0, 0.05) is 35.7 Å². The van der Waals surface area contributed by atoms with Crippen LogP contribution in [0, 0.1) is 11.7 Å². The average Bonchev–Trinajstić information content (AvgIpc) is 3.30. The van der Waals surface area contributed by atoms with Crippen LogP contribution in [-0.2, 0) is 16.1 Å². The maximum Gasteiger partial charge on any atom is 0.247 e.